The van der Waals surface area contributed by atoms with Gasteiger partial charge < -0.3 is 9.88 Å². The number of imide groups is 1. The van der Waals surface area contributed by atoms with Crippen molar-refractivity contribution in [2.24, 2.45) is 0 Å². The lowest BCUT2D eigenvalue weighted by Gasteiger charge is -2.12. The van der Waals surface area contributed by atoms with Crippen LogP contribution in [0.15, 0.2) is 76.1 Å². The normalized spacial score (nSPS) is 15.0. The monoisotopic (exact) mass is 495 g/mol. The average molecular weight is 496 g/mol. The van der Waals surface area contributed by atoms with Crippen molar-refractivity contribution in [2.75, 3.05) is 11.9 Å². The van der Waals surface area contributed by atoms with E-state index in [4.69, 9.17) is 0 Å². The molecule has 3 amide bonds. The van der Waals surface area contributed by atoms with Crippen LogP contribution in [0.5, 0.6) is 0 Å². The molecule has 1 aliphatic rings. The highest BCUT2D eigenvalue weighted by molar-refractivity contribution is 9.10. The van der Waals surface area contributed by atoms with Crippen molar-refractivity contribution < 1.29 is 14.4 Å². The minimum Gasteiger partial charge on any atom is -0.325 e. The Bertz CT molecular complexity index is 1190. The second-order valence-electron chi connectivity index (χ2n) is 6.89. The zero-order chi connectivity index (χ0) is 22.0. The van der Waals surface area contributed by atoms with E-state index in [0.717, 1.165) is 38.2 Å². The summed E-state index contributed by atoms with van der Waals surface area (Å²) in [6, 6.07) is 20.7. The van der Waals surface area contributed by atoms with Gasteiger partial charge in [-0.15, -0.1) is 0 Å². The van der Waals surface area contributed by atoms with Crippen LogP contribution in [0.3, 0.4) is 0 Å². The number of aryl methyl sites for hydroxylation is 1. The van der Waals surface area contributed by atoms with Crippen LogP contribution in [-0.2, 0) is 9.59 Å². The van der Waals surface area contributed by atoms with Gasteiger partial charge in [-0.2, -0.15) is 0 Å². The lowest BCUT2D eigenvalue weighted by atomic mass is 10.3. The molecule has 2 heterocycles. The van der Waals surface area contributed by atoms with Crippen LogP contribution < -0.4 is 5.32 Å². The van der Waals surface area contributed by atoms with E-state index in [1.54, 1.807) is 30.3 Å². The summed E-state index contributed by atoms with van der Waals surface area (Å²) >= 11 is 4.17. The van der Waals surface area contributed by atoms with Crippen molar-refractivity contribution in [2.45, 2.75) is 6.92 Å². The third kappa shape index (κ3) is 4.65. The minimum absolute atomic E-state index is 0.289. The Morgan fingerprint density at radius 2 is 1.74 bits per heavy atom. The molecule has 0 unspecified atom stereocenters. The van der Waals surface area contributed by atoms with Gasteiger partial charge in [0.2, 0.25) is 5.91 Å². The Kier molecular flexibility index (Phi) is 6.11. The molecule has 156 valence electrons. The van der Waals surface area contributed by atoms with E-state index in [2.05, 4.69) is 21.2 Å². The summed E-state index contributed by atoms with van der Waals surface area (Å²) in [6.45, 7) is 1.64. The average Bonchev–Trinajstić information content (AvgIpc) is 3.24. The third-order valence-electron chi connectivity index (χ3n) is 4.70. The number of halogens is 1. The standard InChI is InChI=1S/C23H18BrN3O3S/c1-15-7-12-19(27(15)18-5-3-2-4-6-18)13-20-22(29)26(23(30)31-20)14-21(28)25-17-10-8-16(24)9-11-17/h2-13H,14H2,1H3,(H,25,28)/b20-13-. The maximum Gasteiger partial charge on any atom is 0.294 e. The molecule has 1 N–H and O–H groups in total. The molecule has 0 atom stereocenters. The Morgan fingerprint density at radius 3 is 2.45 bits per heavy atom. The summed E-state index contributed by atoms with van der Waals surface area (Å²) in [5.74, 6) is -0.909. The van der Waals surface area contributed by atoms with Gasteiger partial charge >= 0.3 is 0 Å². The van der Waals surface area contributed by atoms with Crippen LogP contribution in [0.25, 0.3) is 11.8 Å². The molecule has 0 bridgehead atoms. The van der Waals surface area contributed by atoms with E-state index in [9.17, 15) is 14.4 Å². The molecule has 1 fully saturated rings. The molecule has 1 aliphatic heterocycles. The SMILES string of the molecule is Cc1ccc(/C=C2\SC(=O)N(CC(=O)Nc3ccc(Br)cc3)C2=O)n1-c1ccccc1. The quantitative estimate of drug-likeness (QED) is 0.492. The first kappa shape index (κ1) is 21.1. The van der Waals surface area contributed by atoms with E-state index in [0.29, 0.717) is 5.69 Å². The summed E-state index contributed by atoms with van der Waals surface area (Å²) in [5.41, 5.74) is 3.34. The fourth-order valence-corrected chi connectivity index (χ4v) is 4.34. The predicted octanol–water partition coefficient (Wildman–Crippen LogP) is 5.22. The maximum absolute atomic E-state index is 12.8. The third-order valence-corrected chi connectivity index (χ3v) is 6.14. The number of hydrogen-bond donors (Lipinski definition) is 1. The summed E-state index contributed by atoms with van der Waals surface area (Å²) in [7, 11) is 0. The second kappa shape index (κ2) is 8.95. The van der Waals surface area contributed by atoms with Gasteiger partial charge in [0.15, 0.2) is 0 Å². The Labute approximate surface area is 192 Å². The number of carbonyl (C=O) groups excluding carboxylic acids is 3. The van der Waals surface area contributed by atoms with Crippen LogP contribution in [0, 0.1) is 6.92 Å². The van der Waals surface area contributed by atoms with Crippen molar-refractivity contribution in [3.05, 3.63) is 87.5 Å². The van der Waals surface area contributed by atoms with E-state index in [-0.39, 0.29) is 11.4 Å². The van der Waals surface area contributed by atoms with Gasteiger partial charge in [-0.3, -0.25) is 19.3 Å². The number of hydrogen-bond acceptors (Lipinski definition) is 4. The van der Waals surface area contributed by atoms with Gasteiger partial charge in [0.05, 0.1) is 4.91 Å². The van der Waals surface area contributed by atoms with Crippen LogP contribution in [0.1, 0.15) is 11.4 Å². The summed E-state index contributed by atoms with van der Waals surface area (Å²) < 4.78 is 2.89. The Hall–Kier alpha value is -3.10. The first-order valence-corrected chi connectivity index (χ1v) is 11.1. The van der Waals surface area contributed by atoms with E-state index in [1.165, 1.54) is 0 Å². The van der Waals surface area contributed by atoms with Gasteiger partial charge in [-0.05, 0) is 73.3 Å². The summed E-state index contributed by atoms with van der Waals surface area (Å²) in [6.07, 6.45) is 1.69. The Morgan fingerprint density at radius 1 is 1.03 bits per heavy atom. The smallest absolute Gasteiger partial charge is 0.294 e. The number of anilines is 1. The molecule has 0 spiro atoms. The fraction of sp³-hybridized carbons (Fsp3) is 0.0870. The van der Waals surface area contributed by atoms with Gasteiger partial charge in [0.1, 0.15) is 6.54 Å². The lowest BCUT2D eigenvalue weighted by molar-refractivity contribution is -0.127. The zero-order valence-electron chi connectivity index (χ0n) is 16.5. The molecule has 1 saturated heterocycles. The predicted molar refractivity (Wildman–Crippen MR) is 126 cm³/mol. The number of nitrogens with zero attached hydrogens (tertiary/aromatic N) is 2. The molecule has 8 heteroatoms. The Balaban J connectivity index is 1.52. The topological polar surface area (TPSA) is 71.4 Å². The van der Waals surface area contributed by atoms with E-state index >= 15 is 0 Å². The molecule has 4 rings (SSSR count). The number of thioether (sulfide) groups is 1. The molecular weight excluding hydrogens is 478 g/mol. The van der Waals surface area contributed by atoms with Crippen LogP contribution >= 0.6 is 27.7 Å². The summed E-state index contributed by atoms with van der Waals surface area (Å²) in [5, 5.41) is 2.24. The van der Waals surface area contributed by atoms with Gasteiger partial charge in [-0.25, -0.2) is 0 Å². The summed E-state index contributed by atoms with van der Waals surface area (Å²) in [4.78, 5) is 38.8. The van der Waals surface area contributed by atoms with E-state index in [1.807, 2.05) is 54.0 Å². The zero-order valence-corrected chi connectivity index (χ0v) is 18.9. The molecular formula is C23H18BrN3O3S. The molecule has 31 heavy (non-hydrogen) atoms. The number of nitrogens with one attached hydrogen (secondary N) is 1. The highest BCUT2D eigenvalue weighted by Crippen LogP contribution is 2.33. The van der Waals surface area contributed by atoms with Gasteiger partial charge in [0.25, 0.3) is 11.1 Å². The molecule has 6 nitrogen and oxygen atoms in total. The van der Waals surface area contributed by atoms with E-state index < -0.39 is 17.1 Å². The van der Waals surface area contributed by atoms with Crippen molar-refractivity contribution in [1.29, 1.82) is 0 Å². The van der Waals surface area contributed by atoms with Crippen LogP contribution in [0.2, 0.25) is 0 Å². The highest BCUT2D eigenvalue weighted by atomic mass is 79.9. The first-order chi connectivity index (χ1) is 14.9. The number of amides is 3. The van der Waals surface area contributed by atoms with Crippen molar-refractivity contribution in [3.63, 3.8) is 0 Å². The number of aromatic nitrogens is 1. The number of benzene rings is 2. The van der Waals surface area contributed by atoms with Crippen molar-refractivity contribution in [3.8, 4) is 5.69 Å². The van der Waals surface area contributed by atoms with Crippen molar-refractivity contribution in [1.82, 2.24) is 9.47 Å². The lowest BCUT2D eigenvalue weighted by Crippen LogP contribution is -2.36. The van der Waals surface area contributed by atoms with Crippen LogP contribution in [0.4, 0.5) is 10.5 Å². The molecule has 0 aliphatic carbocycles. The highest BCUT2D eigenvalue weighted by Gasteiger charge is 2.36. The molecule has 3 aromatic rings. The maximum atomic E-state index is 12.8. The molecule has 0 radical (unpaired) electrons. The number of para-hydroxylation sites is 1. The van der Waals surface area contributed by atoms with Crippen LogP contribution in [-0.4, -0.2) is 33.1 Å². The number of carbonyl (C=O) groups is 3. The fourth-order valence-electron chi connectivity index (χ4n) is 3.25. The van der Waals surface area contributed by atoms with Gasteiger partial charge in [-0.1, -0.05) is 34.1 Å². The minimum atomic E-state index is -0.473. The number of rotatable bonds is 5. The van der Waals surface area contributed by atoms with Crippen molar-refractivity contribution >= 4 is 56.5 Å². The molecule has 0 saturated carbocycles. The molecule has 1 aromatic heterocycles. The molecule has 2 aromatic carbocycles. The first-order valence-electron chi connectivity index (χ1n) is 9.47. The second-order valence-corrected chi connectivity index (χ2v) is 8.80. The largest absolute Gasteiger partial charge is 0.325 e. The van der Waals surface area contributed by atoms with Gasteiger partial charge in [0, 0.05) is 27.2 Å².